The van der Waals surface area contributed by atoms with Crippen molar-refractivity contribution in [3.8, 4) is 0 Å². The van der Waals surface area contributed by atoms with Crippen molar-refractivity contribution in [3.05, 3.63) is 24.4 Å². The van der Waals surface area contributed by atoms with Crippen molar-refractivity contribution >= 4 is 8.73 Å². The molecule has 0 aromatic carbocycles. The fourth-order valence-corrected chi connectivity index (χ4v) is 2.39. The number of rotatable bonds is 4. The highest BCUT2D eigenvalue weighted by molar-refractivity contribution is 7.34. The van der Waals surface area contributed by atoms with Crippen LogP contribution >= 0.6 is 8.73 Å². The second kappa shape index (κ2) is 6.21. The van der Waals surface area contributed by atoms with Gasteiger partial charge in [-0.05, 0) is 19.2 Å². The van der Waals surface area contributed by atoms with Crippen LogP contribution in [0.5, 0.6) is 0 Å². The molecule has 0 radical (unpaired) electrons. The molecule has 1 fully saturated rings. The number of hydrogen-bond acceptors (Lipinski definition) is 2. The monoisotopic (exact) mass is 212 g/mol. The first-order valence-corrected chi connectivity index (χ1v) is 6.76. The quantitative estimate of drug-likeness (QED) is 0.521. The Morgan fingerprint density at radius 1 is 1.36 bits per heavy atom. The van der Waals surface area contributed by atoms with Gasteiger partial charge in [-0.15, -0.1) is 0 Å². The Labute approximate surface area is 89.5 Å². The highest BCUT2D eigenvalue weighted by Gasteiger charge is 2.15. The maximum absolute atomic E-state index is 3.87. The highest BCUT2D eigenvalue weighted by Crippen LogP contribution is 2.18. The van der Waals surface area contributed by atoms with Gasteiger partial charge >= 0.3 is 0 Å². The minimum atomic E-state index is 0.953. The molecule has 2 nitrogen and oxygen atoms in total. The Morgan fingerprint density at radius 2 is 2.00 bits per heavy atom. The zero-order valence-electron chi connectivity index (χ0n) is 9.29. The van der Waals surface area contributed by atoms with Crippen molar-refractivity contribution in [2.75, 3.05) is 32.8 Å². The van der Waals surface area contributed by atoms with Crippen LogP contribution in [-0.2, 0) is 0 Å². The van der Waals surface area contributed by atoms with E-state index in [0.717, 1.165) is 28.2 Å². The molecule has 1 aliphatic rings. The molecule has 0 aromatic rings. The summed E-state index contributed by atoms with van der Waals surface area (Å²) in [6, 6.07) is 0. The molecule has 14 heavy (non-hydrogen) atoms. The number of hydrogen-bond donors (Lipinski definition) is 0. The fourth-order valence-electron chi connectivity index (χ4n) is 1.74. The molecule has 80 valence electrons. The van der Waals surface area contributed by atoms with Gasteiger partial charge in [-0.3, -0.25) is 4.67 Å². The third-order valence-corrected chi connectivity index (χ3v) is 3.66. The van der Waals surface area contributed by atoms with Gasteiger partial charge in [0, 0.05) is 31.9 Å². The maximum atomic E-state index is 3.87. The van der Waals surface area contributed by atoms with Gasteiger partial charge in [0.1, 0.15) is 0 Å². The second-order valence-electron chi connectivity index (χ2n) is 3.44. The lowest BCUT2D eigenvalue weighted by molar-refractivity contribution is 0.243. The molecule has 0 saturated carbocycles. The van der Waals surface area contributed by atoms with E-state index < -0.39 is 0 Å². The van der Waals surface area contributed by atoms with E-state index in [0.29, 0.717) is 0 Å². The van der Waals surface area contributed by atoms with Crippen LogP contribution in [0, 0.1) is 0 Å². The van der Waals surface area contributed by atoms with Gasteiger partial charge in [0.2, 0.25) is 0 Å². The lowest BCUT2D eigenvalue weighted by atomic mass is 10.2. The predicted octanol–water partition coefficient (Wildman–Crippen LogP) is 2.31. The molecular weight excluding hydrogens is 191 g/mol. The maximum Gasteiger partial charge on any atom is 0.0320 e. The van der Waals surface area contributed by atoms with Crippen molar-refractivity contribution in [1.82, 2.24) is 9.57 Å². The molecule has 0 aliphatic carbocycles. The van der Waals surface area contributed by atoms with Crippen LogP contribution in [0.15, 0.2) is 24.4 Å². The Balaban J connectivity index is 2.47. The first-order chi connectivity index (χ1) is 6.81. The zero-order valence-corrected chi connectivity index (χ0v) is 10.3. The summed E-state index contributed by atoms with van der Waals surface area (Å²) in [4.78, 5) is 2.44. The average molecular weight is 212 g/mol. The Bertz CT molecular complexity index is 205. The minimum Gasteiger partial charge on any atom is -0.369 e. The van der Waals surface area contributed by atoms with Gasteiger partial charge in [0.05, 0.1) is 0 Å². The summed E-state index contributed by atoms with van der Waals surface area (Å²) in [5.74, 6) is 0. The van der Waals surface area contributed by atoms with E-state index in [2.05, 4.69) is 35.8 Å². The zero-order chi connectivity index (χ0) is 10.4. The molecule has 0 spiro atoms. The largest absolute Gasteiger partial charge is 0.369 e. The van der Waals surface area contributed by atoms with Crippen LogP contribution in [-0.4, -0.2) is 42.4 Å². The number of piperazine rings is 1. The van der Waals surface area contributed by atoms with Crippen molar-refractivity contribution in [2.45, 2.75) is 13.3 Å². The Morgan fingerprint density at radius 3 is 2.43 bits per heavy atom. The molecule has 0 bridgehead atoms. The standard InChI is InChI=1S/C11H21N2P/c1-4-6-11(5-2)12-7-9-13(14-3)10-8-12/h5-6,14H,2,4,7-10H2,1,3H3/b11-6+. The van der Waals surface area contributed by atoms with E-state index in [1.807, 2.05) is 6.08 Å². The van der Waals surface area contributed by atoms with Gasteiger partial charge < -0.3 is 4.90 Å². The van der Waals surface area contributed by atoms with Gasteiger partial charge in [-0.25, -0.2) is 0 Å². The summed E-state index contributed by atoms with van der Waals surface area (Å²) in [7, 11) is 0.953. The van der Waals surface area contributed by atoms with E-state index in [4.69, 9.17) is 0 Å². The number of nitrogens with zero attached hydrogens (tertiary/aromatic N) is 2. The molecular formula is C11H21N2P. The topological polar surface area (TPSA) is 6.48 Å². The first kappa shape index (κ1) is 11.7. The third kappa shape index (κ3) is 3.11. The summed E-state index contributed by atoms with van der Waals surface area (Å²) < 4.78 is 2.52. The van der Waals surface area contributed by atoms with Crippen molar-refractivity contribution in [3.63, 3.8) is 0 Å². The molecule has 0 aromatic heterocycles. The van der Waals surface area contributed by atoms with E-state index >= 15 is 0 Å². The smallest absolute Gasteiger partial charge is 0.0320 e. The molecule has 1 rings (SSSR count). The summed E-state index contributed by atoms with van der Waals surface area (Å²) in [5, 5.41) is 0. The van der Waals surface area contributed by atoms with Crippen LogP contribution in [0.1, 0.15) is 13.3 Å². The molecule has 0 N–H and O–H groups in total. The van der Waals surface area contributed by atoms with Crippen LogP contribution in [0.25, 0.3) is 0 Å². The van der Waals surface area contributed by atoms with E-state index in [1.165, 1.54) is 18.8 Å². The molecule has 1 heterocycles. The molecule has 1 aliphatic heterocycles. The summed E-state index contributed by atoms with van der Waals surface area (Å²) >= 11 is 0. The minimum absolute atomic E-state index is 0.953. The van der Waals surface area contributed by atoms with Gasteiger partial charge in [0.15, 0.2) is 0 Å². The fraction of sp³-hybridized carbons (Fsp3) is 0.636. The summed E-state index contributed by atoms with van der Waals surface area (Å²) in [5.41, 5.74) is 1.31. The van der Waals surface area contributed by atoms with Gasteiger partial charge in [0.25, 0.3) is 0 Å². The second-order valence-corrected chi connectivity index (χ2v) is 4.52. The van der Waals surface area contributed by atoms with Gasteiger partial charge in [-0.2, -0.15) is 0 Å². The lowest BCUT2D eigenvalue weighted by Gasteiger charge is -2.35. The third-order valence-electron chi connectivity index (χ3n) is 2.58. The van der Waals surface area contributed by atoms with Crippen LogP contribution in [0.3, 0.4) is 0 Å². The molecule has 1 unspecified atom stereocenters. The number of allylic oxidation sites excluding steroid dienone is 2. The molecule has 0 amide bonds. The van der Waals surface area contributed by atoms with Crippen molar-refractivity contribution < 1.29 is 0 Å². The highest BCUT2D eigenvalue weighted by atomic mass is 31.1. The normalized spacial score (nSPS) is 20.7. The first-order valence-electron chi connectivity index (χ1n) is 5.31. The van der Waals surface area contributed by atoms with E-state index in [-0.39, 0.29) is 0 Å². The van der Waals surface area contributed by atoms with E-state index in [9.17, 15) is 0 Å². The summed E-state index contributed by atoms with van der Waals surface area (Å²) in [6.07, 6.45) is 5.33. The van der Waals surface area contributed by atoms with Crippen molar-refractivity contribution in [1.29, 1.82) is 0 Å². The molecule has 1 atom stereocenters. The van der Waals surface area contributed by atoms with Gasteiger partial charge in [-0.1, -0.05) is 28.3 Å². The SMILES string of the molecule is C=C/C(=C\CC)N1CCN(PC)CC1. The van der Waals surface area contributed by atoms with Crippen LogP contribution in [0.2, 0.25) is 0 Å². The van der Waals surface area contributed by atoms with Crippen LogP contribution < -0.4 is 0 Å². The predicted molar refractivity (Wildman–Crippen MR) is 66.0 cm³/mol. The average Bonchev–Trinajstić information content (AvgIpc) is 2.26. The lowest BCUT2D eigenvalue weighted by Crippen LogP contribution is -2.41. The molecule has 3 heteroatoms. The molecule has 1 saturated heterocycles. The van der Waals surface area contributed by atoms with E-state index in [1.54, 1.807) is 0 Å². The van der Waals surface area contributed by atoms with Crippen molar-refractivity contribution in [2.24, 2.45) is 0 Å². The van der Waals surface area contributed by atoms with Crippen LogP contribution in [0.4, 0.5) is 0 Å². The summed E-state index contributed by atoms with van der Waals surface area (Å²) in [6.45, 7) is 13.0. The Kier molecular flexibility index (Phi) is 5.21. The Hall–Kier alpha value is -0.330.